The average Bonchev–Trinajstić information content (AvgIpc) is 3.07. The molecule has 2 aromatic rings. The molecule has 1 aliphatic heterocycles. The molecular weight excluding hydrogens is 530 g/mol. The molecule has 3 atom stereocenters. The van der Waals surface area contributed by atoms with Crippen LogP contribution in [0, 0.1) is 11.8 Å². The Kier molecular flexibility index (Phi) is 7.16. The number of hydrogen-bond acceptors (Lipinski definition) is 5. The van der Waals surface area contributed by atoms with E-state index in [0.29, 0.717) is 12.3 Å². The Morgan fingerprint density at radius 2 is 1.59 bits per heavy atom. The van der Waals surface area contributed by atoms with Crippen LogP contribution in [-0.4, -0.2) is 55.5 Å². The summed E-state index contributed by atoms with van der Waals surface area (Å²) >= 11 is 0. The van der Waals surface area contributed by atoms with Crippen LogP contribution in [0.5, 0.6) is 0 Å². The molecule has 2 aromatic carbocycles. The Hall–Kier alpha value is -3.13. The lowest BCUT2D eigenvalue weighted by molar-refractivity contribution is -0.312. The number of halogens is 6. The first kappa shape index (κ1) is 28.4. The van der Waals surface area contributed by atoms with E-state index in [9.17, 15) is 49.5 Å². The standard InChI is InChI=1S/C23H22F6N2O5S/c1-12(11-32)19(34)31-17(18(30)33)15-9-8-14(37(2,35)36)10-16(15)21(31,13-6-4-3-5-7-13)20(22(24,25)26)23(27,28)29/h3-10,12,17,20,32H,11H2,1-2H3,(H2,30,33). The van der Waals surface area contributed by atoms with Crippen LogP contribution in [-0.2, 0) is 25.0 Å². The number of carbonyl (C=O) groups is 2. The van der Waals surface area contributed by atoms with E-state index in [2.05, 4.69) is 0 Å². The summed E-state index contributed by atoms with van der Waals surface area (Å²) in [4.78, 5) is 25.6. The van der Waals surface area contributed by atoms with Gasteiger partial charge in [0.1, 0.15) is 11.6 Å². The molecule has 1 heterocycles. The second kappa shape index (κ2) is 9.31. The molecule has 7 nitrogen and oxygen atoms in total. The summed E-state index contributed by atoms with van der Waals surface area (Å²) in [5.74, 6) is -8.74. The van der Waals surface area contributed by atoms with Crippen LogP contribution < -0.4 is 5.73 Å². The van der Waals surface area contributed by atoms with Crippen molar-refractivity contribution in [1.82, 2.24) is 4.90 Å². The zero-order valence-corrected chi connectivity index (χ0v) is 20.2. The largest absolute Gasteiger partial charge is 0.403 e. The van der Waals surface area contributed by atoms with Gasteiger partial charge in [0.15, 0.2) is 15.8 Å². The highest BCUT2D eigenvalue weighted by molar-refractivity contribution is 7.90. The fourth-order valence-corrected chi connectivity index (χ4v) is 5.46. The molecular formula is C23H22F6N2O5S. The number of nitrogens with zero attached hydrogens (tertiary/aromatic N) is 1. The number of aliphatic hydroxyl groups is 1. The van der Waals surface area contributed by atoms with E-state index in [1.807, 2.05) is 0 Å². The van der Waals surface area contributed by atoms with Crippen LogP contribution >= 0.6 is 0 Å². The van der Waals surface area contributed by atoms with Crippen LogP contribution in [0.15, 0.2) is 53.4 Å². The molecule has 0 saturated heterocycles. The summed E-state index contributed by atoms with van der Waals surface area (Å²) in [6.45, 7) is 0.0799. The summed E-state index contributed by atoms with van der Waals surface area (Å²) < 4.78 is 112. The first-order chi connectivity index (χ1) is 16.9. The number of carbonyl (C=O) groups excluding carboxylic acids is 2. The predicted octanol–water partition coefficient (Wildman–Crippen LogP) is 3.07. The topological polar surface area (TPSA) is 118 Å². The van der Waals surface area contributed by atoms with E-state index in [1.54, 1.807) is 0 Å². The van der Waals surface area contributed by atoms with Crippen LogP contribution in [0.2, 0.25) is 0 Å². The van der Waals surface area contributed by atoms with Crippen molar-refractivity contribution in [2.75, 3.05) is 12.9 Å². The number of rotatable bonds is 6. The summed E-state index contributed by atoms with van der Waals surface area (Å²) in [6.07, 6.45) is -11.4. The highest BCUT2D eigenvalue weighted by Gasteiger charge is 2.73. The van der Waals surface area contributed by atoms with Gasteiger partial charge in [0, 0.05) is 6.26 Å². The van der Waals surface area contributed by atoms with Gasteiger partial charge in [-0.1, -0.05) is 43.3 Å². The van der Waals surface area contributed by atoms with Crippen molar-refractivity contribution >= 4 is 21.7 Å². The number of aliphatic hydroxyl groups excluding tert-OH is 1. The first-order valence-electron chi connectivity index (χ1n) is 10.7. The molecule has 0 saturated carbocycles. The fourth-order valence-electron chi connectivity index (χ4n) is 4.81. The van der Waals surface area contributed by atoms with Crippen LogP contribution in [0.4, 0.5) is 26.3 Å². The number of benzene rings is 2. The molecule has 0 aliphatic carbocycles. The van der Waals surface area contributed by atoms with E-state index < -0.39 is 85.6 Å². The predicted molar refractivity (Wildman–Crippen MR) is 117 cm³/mol. The molecule has 202 valence electrons. The van der Waals surface area contributed by atoms with Gasteiger partial charge in [-0.15, -0.1) is 0 Å². The first-order valence-corrected chi connectivity index (χ1v) is 12.6. The summed E-state index contributed by atoms with van der Waals surface area (Å²) in [6, 6.07) is 5.65. The van der Waals surface area contributed by atoms with Gasteiger partial charge >= 0.3 is 12.4 Å². The van der Waals surface area contributed by atoms with E-state index in [-0.39, 0.29) is 4.90 Å². The van der Waals surface area contributed by atoms with Gasteiger partial charge in [0.25, 0.3) is 0 Å². The van der Waals surface area contributed by atoms with Crippen LogP contribution in [0.25, 0.3) is 0 Å². The van der Waals surface area contributed by atoms with Gasteiger partial charge in [-0.05, 0) is 28.8 Å². The van der Waals surface area contributed by atoms with Crippen molar-refractivity contribution in [3.05, 3.63) is 65.2 Å². The maximum absolute atomic E-state index is 14.5. The van der Waals surface area contributed by atoms with Gasteiger partial charge in [-0.25, -0.2) is 8.42 Å². The minimum absolute atomic E-state index is 0.105. The number of alkyl halides is 6. The minimum atomic E-state index is -6.06. The highest BCUT2D eigenvalue weighted by atomic mass is 32.2. The highest BCUT2D eigenvalue weighted by Crippen LogP contribution is 2.62. The molecule has 1 aliphatic rings. The lowest BCUT2D eigenvalue weighted by atomic mass is 9.71. The third-order valence-electron chi connectivity index (χ3n) is 6.28. The van der Waals surface area contributed by atoms with Gasteiger partial charge in [-0.3, -0.25) is 9.59 Å². The Bertz CT molecular complexity index is 1300. The van der Waals surface area contributed by atoms with E-state index in [1.165, 1.54) is 6.07 Å². The SMILES string of the molecule is CC(CO)C(=O)N1C(C(N)=O)c2ccc(S(C)(=O)=O)cc2C1(c1ccccc1)C(C(F)(F)F)C(F)(F)F. The number of hydrogen-bond donors (Lipinski definition) is 2. The van der Waals surface area contributed by atoms with Crippen LogP contribution in [0.3, 0.4) is 0 Å². The number of sulfone groups is 1. The summed E-state index contributed by atoms with van der Waals surface area (Å²) in [5.41, 5.74) is -0.120. The molecule has 0 fully saturated rings. The van der Waals surface area contributed by atoms with Gasteiger partial charge in [-0.2, -0.15) is 26.3 Å². The normalized spacial score (nSPS) is 21.1. The summed E-state index contributed by atoms with van der Waals surface area (Å²) in [5, 5.41) is 9.57. The molecule has 0 bridgehead atoms. The van der Waals surface area contributed by atoms with E-state index in [0.717, 1.165) is 43.3 Å². The second-order valence-electron chi connectivity index (χ2n) is 8.77. The maximum Gasteiger partial charge on any atom is 0.403 e. The molecule has 0 spiro atoms. The molecule has 3 N–H and O–H groups in total. The lowest BCUT2D eigenvalue weighted by Crippen LogP contribution is -2.62. The Labute approximate surface area is 207 Å². The van der Waals surface area contributed by atoms with Gasteiger partial charge in [0.05, 0.1) is 17.4 Å². The molecule has 14 heteroatoms. The number of amides is 2. The van der Waals surface area contributed by atoms with Crippen molar-refractivity contribution in [1.29, 1.82) is 0 Å². The molecule has 0 aromatic heterocycles. The number of fused-ring (bicyclic) bond motifs is 1. The van der Waals surface area contributed by atoms with E-state index >= 15 is 0 Å². The van der Waals surface area contributed by atoms with Crippen molar-refractivity contribution in [2.24, 2.45) is 17.6 Å². The van der Waals surface area contributed by atoms with Crippen LogP contribution in [0.1, 0.15) is 29.7 Å². The zero-order chi connectivity index (χ0) is 28.1. The smallest absolute Gasteiger partial charge is 0.396 e. The third-order valence-corrected chi connectivity index (χ3v) is 7.40. The number of primary amides is 1. The Morgan fingerprint density at radius 3 is 2.03 bits per heavy atom. The molecule has 0 radical (unpaired) electrons. The minimum Gasteiger partial charge on any atom is -0.396 e. The second-order valence-corrected chi connectivity index (χ2v) is 10.8. The Morgan fingerprint density at radius 1 is 1.05 bits per heavy atom. The quantitative estimate of drug-likeness (QED) is 0.535. The lowest BCUT2D eigenvalue weighted by Gasteiger charge is -2.48. The van der Waals surface area contributed by atoms with Crippen molar-refractivity contribution in [2.45, 2.75) is 35.8 Å². The van der Waals surface area contributed by atoms with Crippen molar-refractivity contribution in [3.63, 3.8) is 0 Å². The zero-order valence-electron chi connectivity index (χ0n) is 19.3. The van der Waals surface area contributed by atoms with Crippen molar-refractivity contribution < 1.29 is 49.5 Å². The summed E-state index contributed by atoms with van der Waals surface area (Å²) in [7, 11) is -4.17. The molecule has 2 amide bonds. The fraction of sp³-hybridized carbons (Fsp3) is 0.391. The molecule has 37 heavy (non-hydrogen) atoms. The van der Waals surface area contributed by atoms with Crippen molar-refractivity contribution in [3.8, 4) is 0 Å². The van der Waals surface area contributed by atoms with Gasteiger partial charge < -0.3 is 15.7 Å². The monoisotopic (exact) mass is 552 g/mol. The molecule has 3 rings (SSSR count). The average molecular weight is 552 g/mol. The van der Waals surface area contributed by atoms with E-state index in [4.69, 9.17) is 5.73 Å². The van der Waals surface area contributed by atoms with Gasteiger partial charge in [0.2, 0.25) is 11.8 Å². The maximum atomic E-state index is 14.5. The number of nitrogens with two attached hydrogens (primary N) is 1. The third kappa shape index (κ3) is 4.67. The Balaban J connectivity index is 2.69. The molecule has 3 unspecified atom stereocenters.